The van der Waals surface area contributed by atoms with Gasteiger partial charge in [0.1, 0.15) is 0 Å². The van der Waals surface area contributed by atoms with Gasteiger partial charge in [0.2, 0.25) is 0 Å². The normalized spacial score (nSPS) is 34.6. The zero-order valence-corrected chi connectivity index (χ0v) is 17.4. The van der Waals surface area contributed by atoms with E-state index in [4.69, 9.17) is 0 Å². The second-order valence-electron chi connectivity index (χ2n) is 9.60. The zero-order valence-electron chi connectivity index (χ0n) is 16.6. The number of fused-ring (bicyclic) bond motifs is 4. The molecule has 3 unspecified atom stereocenters. The van der Waals surface area contributed by atoms with E-state index in [1.807, 2.05) is 0 Å². The summed E-state index contributed by atoms with van der Waals surface area (Å²) >= 11 is 0. The van der Waals surface area contributed by atoms with Crippen molar-refractivity contribution in [2.75, 3.05) is 13.1 Å². The van der Waals surface area contributed by atoms with Crippen molar-refractivity contribution < 1.29 is 11.3 Å². The topological polar surface area (TPSA) is 40.5 Å². The van der Waals surface area contributed by atoms with Crippen molar-refractivity contribution in [1.29, 1.82) is 0 Å². The first-order valence-corrected chi connectivity index (χ1v) is 10.8. The predicted molar refractivity (Wildman–Crippen MR) is 118 cm³/mol. The minimum absolute atomic E-state index is 0. The van der Waals surface area contributed by atoms with E-state index < -0.39 is 5.97 Å². The lowest BCUT2D eigenvalue weighted by molar-refractivity contribution is -0.139. The van der Waals surface area contributed by atoms with Crippen LogP contribution in [0.25, 0.3) is 0 Å². The van der Waals surface area contributed by atoms with Gasteiger partial charge in [0.05, 0.1) is 5.92 Å². The molecule has 3 fully saturated rings. The Bertz CT molecular complexity index is 954. The van der Waals surface area contributed by atoms with E-state index in [1.165, 1.54) is 36.0 Å². The Kier molecular flexibility index (Phi) is 4.52. The van der Waals surface area contributed by atoms with E-state index >= 15 is 0 Å². The number of hydrogen-bond acceptors (Lipinski definition) is 2. The fourth-order valence-electron chi connectivity index (χ4n) is 6.80. The van der Waals surface area contributed by atoms with Gasteiger partial charge in [-0.15, -0.1) is 12.4 Å². The number of rotatable bonds is 2. The van der Waals surface area contributed by atoms with Crippen LogP contribution >= 0.6 is 12.4 Å². The number of likely N-dealkylation sites (tertiary alicyclic amines) is 1. The number of carboxylic acids is 1. The molecule has 2 aromatic carbocycles. The monoisotopic (exact) mass is 411 g/mol. The molecule has 1 aliphatic heterocycles. The molecule has 1 spiro atoms. The fraction of sp³-hybridized carbons (Fsp3) is 0.480. The number of benzene rings is 2. The third kappa shape index (κ3) is 2.93. The third-order valence-corrected chi connectivity index (χ3v) is 8.22. The molecule has 6 rings (SSSR count). The summed E-state index contributed by atoms with van der Waals surface area (Å²) in [6.07, 6.45) is 5.91. The molecule has 1 heterocycles. The summed E-state index contributed by atoms with van der Waals surface area (Å²) in [4.78, 5) is 13.9. The zero-order chi connectivity index (χ0) is 18.9. The Morgan fingerprint density at radius 3 is 2.38 bits per heavy atom. The maximum Gasteiger partial charge on any atom is 0.307 e. The van der Waals surface area contributed by atoms with Crippen LogP contribution in [0.5, 0.6) is 0 Å². The smallest absolute Gasteiger partial charge is 0.307 e. The van der Waals surface area contributed by atoms with Crippen LogP contribution in [0.4, 0.5) is 0 Å². The molecule has 0 radical (unpaired) electrons. The fourth-order valence-corrected chi connectivity index (χ4v) is 6.80. The van der Waals surface area contributed by atoms with Crippen LogP contribution in [0.2, 0.25) is 0 Å². The second kappa shape index (κ2) is 6.85. The molecule has 4 aliphatic rings. The van der Waals surface area contributed by atoms with E-state index in [0.29, 0.717) is 17.9 Å². The van der Waals surface area contributed by atoms with Crippen molar-refractivity contribution in [3.63, 3.8) is 0 Å². The number of carboxylic acid groups (broad SMARTS) is 1. The van der Waals surface area contributed by atoms with Crippen molar-refractivity contribution >= 4 is 18.4 Å². The molecule has 1 saturated heterocycles. The van der Waals surface area contributed by atoms with Gasteiger partial charge >= 0.3 is 5.97 Å². The van der Waals surface area contributed by atoms with Gasteiger partial charge in [0.15, 0.2) is 0 Å². The Balaban J connectivity index is 0.00000109. The average Bonchev–Trinajstić information content (AvgIpc) is 3.02. The van der Waals surface area contributed by atoms with Crippen molar-refractivity contribution in [1.82, 2.24) is 4.90 Å². The van der Waals surface area contributed by atoms with E-state index in [0.717, 1.165) is 25.9 Å². The van der Waals surface area contributed by atoms with Crippen molar-refractivity contribution in [3.8, 4) is 0 Å². The predicted octanol–water partition coefficient (Wildman–Crippen LogP) is 4.55. The summed E-state index contributed by atoms with van der Waals surface area (Å²) in [7, 11) is 0. The highest BCUT2D eigenvalue weighted by Crippen LogP contribution is 2.55. The maximum absolute atomic E-state index is 11.3. The molecule has 5 atom stereocenters. The van der Waals surface area contributed by atoms with Gasteiger partial charge in [0, 0.05) is 26.0 Å². The van der Waals surface area contributed by atoms with Crippen LogP contribution in [-0.4, -0.2) is 35.1 Å². The highest BCUT2D eigenvalue weighted by molar-refractivity contribution is 5.85. The van der Waals surface area contributed by atoms with E-state index in [2.05, 4.69) is 53.4 Å². The summed E-state index contributed by atoms with van der Waals surface area (Å²) in [6.45, 7) is 2.00. The molecular formula is C25H30ClNO2. The lowest BCUT2D eigenvalue weighted by atomic mass is 9.73. The van der Waals surface area contributed by atoms with Crippen LogP contribution in [0, 0.1) is 17.8 Å². The Hall–Kier alpha value is -1.84. The largest absolute Gasteiger partial charge is 0.481 e. The number of halogens is 1. The van der Waals surface area contributed by atoms with Crippen molar-refractivity contribution in [3.05, 3.63) is 70.8 Å². The number of carbonyl (C=O) groups is 1. The summed E-state index contributed by atoms with van der Waals surface area (Å²) < 4.78 is 0. The molecule has 0 amide bonds. The third-order valence-electron chi connectivity index (χ3n) is 8.22. The van der Waals surface area contributed by atoms with Gasteiger partial charge < -0.3 is 5.11 Å². The molecule has 1 N–H and O–H groups in total. The number of piperidine rings is 1. The minimum Gasteiger partial charge on any atom is -0.481 e. The summed E-state index contributed by atoms with van der Waals surface area (Å²) in [5, 5.41) is 9.32. The van der Waals surface area contributed by atoms with E-state index in [1.54, 1.807) is 5.56 Å². The van der Waals surface area contributed by atoms with Gasteiger partial charge in [-0.25, -0.2) is 0 Å². The lowest BCUT2D eigenvalue weighted by Gasteiger charge is -2.33. The van der Waals surface area contributed by atoms with Gasteiger partial charge in [-0.05, 0) is 66.2 Å². The van der Waals surface area contributed by atoms with Crippen LogP contribution in [0.1, 0.15) is 42.9 Å². The molecule has 154 valence electrons. The highest BCUT2D eigenvalue weighted by atomic mass is 35.5. The van der Waals surface area contributed by atoms with Crippen molar-refractivity contribution in [2.24, 2.45) is 17.8 Å². The molecular weight excluding hydrogens is 382 g/mol. The average molecular weight is 412 g/mol. The summed E-state index contributed by atoms with van der Waals surface area (Å²) in [5.74, 6) is 0.191. The molecule has 4 heteroatoms. The van der Waals surface area contributed by atoms with Crippen LogP contribution < -0.4 is 0 Å². The highest BCUT2D eigenvalue weighted by Gasteiger charge is 2.61. The molecule has 2 aromatic rings. The maximum atomic E-state index is 11.3. The summed E-state index contributed by atoms with van der Waals surface area (Å²) in [5.41, 5.74) is 6.33. The summed E-state index contributed by atoms with van der Waals surface area (Å²) in [6, 6.07) is 18.7. The second-order valence-corrected chi connectivity index (χ2v) is 9.60. The molecule has 0 aromatic heterocycles. The Labute approximate surface area is 180 Å². The number of aliphatic carboxylic acids is 1. The standard InChI is InChI=1S/C25H27NO2.ClH.H2/c27-24(28)23-20-14-26(15-21(20)23)19-9-10-25(13-19)12-18-7-2-1-5-16(18)11-17-6-3-4-8-22(17)25;;/h1-8,19-21,23H,9-15H2,(H,27,28);2*1H/t19?,20-,21+,23?,25?;;. The van der Waals surface area contributed by atoms with Gasteiger partial charge in [-0.2, -0.15) is 0 Å². The van der Waals surface area contributed by atoms with Crippen LogP contribution in [-0.2, 0) is 23.1 Å². The first kappa shape index (κ1) is 19.1. The Morgan fingerprint density at radius 2 is 1.66 bits per heavy atom. The van der Waals surface area contributed by atoms with E-state index in [-0.39, 0.29) is 25.2 Å². The number of hydrogen-bond donors (Lipinski definition) is 1. The molecule has 29 heavy (non-hydrogen) atoms. The first-order chi connectivity index (χ1) is 13.6. The van der Waals surface area contributed by atoms with Gasteiger partial charge in [0.25, 0.3) is 0 Å². The van der Waals surface area contributed by atoms with E-state index in [9.17, 15) is 9.90 Å². The van der Waals surface area contributed by atoms with Gasteiger partial charge in [-0.1, -0.05) is 48.5 Å². The van der Waals surface area contributed by atoms with Crippen LogP contribution in [0.3, 0.4) is 0 Å². The molecule has 2 saturated carbocycles. The molecule has 0 bridgehead atoms. The number of nitrogens with zero attached hydrogens (tertiary/aromatic N) is 1. The first-order valence-electron chi connectivity index (χ1n) is 10.8. The van der Waals surface area contributed by atoms with Crippen LogP contribution in [0.15, 0.2) is 48.5 Å². The Morgan fingerprint density at radius 1 is 1.00 bits per heavy atom. The van der Waals surface area contributed by atoms with Gasteiger partial charge in [-0.3, -0.25) is 9.69 Å². The van der Waals surface area contributed by atoms with Crippen molar-refractivity contribution in [2.45, 2.75) is 43.6 Å². The quantitative estimate of drug-likeness (QED) is 0.787. The SMILES string of the molecule is Cl.O=C(O)C1[C@H]2CN(C3CCC4(Cc5ccccc5Cc5ccccc54)C3)C[C@@H]12.[HH]. The molecule has 3 aliphatic carbocycles. The molecule has 3 nitrogen and oxygen atoms in total. The lowest BCUT2D eigenvalue weighted by Crippen LogP contribution is -2.37. The minimum atomic E-state index is -0.577.